The Morgan fingerprint density at radius 3 is 2.59 bits per heavy atom. The molecule has 1 aromatic heterocycles. The number of alkyl halides is 3. The van der Waals surface area contributed by atoms with Crippen molar-refractivity contribution in [1.29, 1.82) is 0 Å². The van der Waals surface area contributed by atoms with Crippen molar-refractivity contribution in [2.75, 3.05) is 6.54 Å². The van der Waals surface area contributed by atoms with Crippen LogP contribution in [0.3, 0.4) is 0 Å². The topological polar surface area (TPSA) is 99.6 Å². The van der Waals surface area contributed by atoms with Gasteiger partial charge in [0.1, 0.15) is 21.6 Å². The Balaban J connectivity index is 2.04. The summed E-state index contributed by atoms with van der Waals surface area (Å²) in [5.41, 5.74) is 0.222. The molecule has 0 radical (unpaired) electrons. The number of hydrogen-bond donors (Lipinski definition) is 2. The number of aromatic nitrogens is 1. The highest BCUT2D eigenvalue weighted by Gasteiger charge is 2.39. The molecule has 2 heterocycles. The smallest absolute Gasteiger partial charge is 0.389 e. The number of likely N-dealkylation sites (tertiary alicyclic amines) is 1. The van der Waals surface area contributed by atoms with Gasteiger partial charge in [0.05, 0.1) is 21.5 Å². The van der Waals surface area contributed by atoms with E-state index in [0.717, 1.165) is 36.7 Å². The van der Waals surface area contributed by atoms with Crippen LogP contribution in [0.25, 0.3) is 10.4 Å². The number of hydrogen-bond acceptors (Lipinski definition) is 6. The van der Waals surface area contributed by atoms with E-state index in [1.165, 1.54) is 10.8 Å². The highest BCUT2D eigenvalue weighted by molar-refractivity contribution is 7.89. The summed E-state index contributed by atoms with van der Waals surface area (Å²) in [6.07, 6.45) is -2.13. The number of nitrogens with zero attached hydrogens (tertiary/aromatic N) is 2. The zero-order valence-electron chi connectivity index (χ0n) is 18.1. The lowest BCUT2D eigenvalue weighted by Gasteiger charge is -2.33. The summed E-state index contributed by atoms with van der Waals surface area (Å²) < 4.78 is 65.1. The zero-order chi connectivity index (χ0) is 25.4. The number of benzene rings is 1. The molecule has 0 bridgehead atoms. The van der Waals surface area contributed by atoms with Crippen LogP contribution in [0.4, 0.5) is 13.2 Å². The molecule has 1 aliphatic rings. The van der Waals surface area contributed by atoms with Gasteiger partial charge < -0.3 is 10.0 Å². The molecule has 2 N–H and O–H groups in total. The lowest BCUT2D eigenvalue weighted by Crippen LogP contribution is -2.43. The van der Waals surface area contributed by atoms with Gasteiger partial charge in [-0.2, -0.15) is 17.9 Å². The minimum absolute atomic E-state index is 0.0124. The number of sulfonamides is 1. The van der Waals surface area contributed by atoms with Crippen molar-refractivity contribution in [1.82, 2.24) is 14.6 Å². The van der Waals surface area contributed by atoms with Crippen LogP contribution in [0.2, 0.25) is 10.0 Å². The summed E-state index contributed by atoms with van der Waals surface area (Å²) in [7, 11) is -4.66. The molecule has 2 atom stereocenters. The van der Waals surface area contributed by atoms with Gasteiger partial charge in [0, 0.05) is 18.2 Å². The summed E-state index contributed by atoms with van der Waals surface area (Å²) >= 11 is 13.5. The number of carbonyl (C=O) groups is 1. The summed E-state index contributed by atoms with van der Waals surface area (Å²) in [6, 6.07) is -0.0879. The number of amides is 1. The van der Waals surface area contributed by atoms with Crippen LogP contribution in [0.15, 0.2) is 17.0 Å². The third-order valence-electron chi connectivity index (χ3n) is 5.48. The third-order valence-corrected chi connectivity index (χ3v) is 9.13. The number of rotatable bonds is 6. The van der Waals surface area contributed by atoms with Crippen molar-refractivity contribution in [3.63, 3.8) is 0 Å². The Labute approximate surface area is 208 Å². The largest absolute Gasteiger partial charge is 0.404 e. The second-order valence-electron chi connectivity index (χ2n) is 7.91. The van der Waals surface area contributed by atoms with Crippen molar-refractivity contribution < 1.29 is 31.5 Å². The first kappa shape index (κ1) is 27.2. The minimum Gasteiger partial charge on any atom is -0.389 e. The van der Waals surface area contributed by atoms with Crippen molar-refractivity contribution >= 4 is 50.5 Å². The summed E-state index contributed by atoms with van der Waals surface area (Å²) in [4.78, 5) is 18.8. The van der Waals surface area contributed by atoms with E-state index in [1.54, 1.807) is 4.90 Å². The van der Waals surface area contributed by atoms with E-state index < -0.39 is 38.8 Å². The Kier molecular flexibility index (Phi) is 8.21. The van der Waals surface area contributed by atoms with Gasteiger partial charge in [-0.3, -0.25) is 4.79 Å². The number of carbonyl (C=O) groups excluding carboxylic acids is 1. The minimum atomic E-state index is -4.80. The number of thiazole rings is 1. The average molecular weight is 560 g/mol. The SMILES string of the molecule is C[C@@H]1CCCCN1C(=O)c1nc(CO)sc1-c1ccc(S(=O)(=O)N[C@@H](C)C(F)(F)F)c(Cl)c1Cl. The van der Waals surface area contributed by atoms with Gasteiger partial charge in [0.15, 0.2) is 0 Å². The molecule has 34 heavy (non-hydrogen) atoms. The Bertz CT molecular complexity index is 1190. The van der Waals surface area contributed by atoms with E-state index in [2.05, 4.69) is 4.98 Å². The molecule has 1 fully saturated rings. The van der Waals surface area contributed by atoms with Crippen LogP contribution in [0.1, 0.15) is 48.6 Å². The van der Waals surface area contributed by atoms with E-state index in [1.807, 2.05) is 6.92 Å². The monoisotopic (exact) mass is 559 g/mol. The van der Waals surface area contributed by atoms with Gasteiger partial charge in [-0.05, 0) is 39.2 Å². The summed E-state index contributed by atoms with van der Waals surface area (Å²) in [5, 5.41) is 9.06. The molecule has 0 aliphatic carbocycles. The maximum absolute atomic E-state index is 13.3. The molecular weight excluding hydrogens is 538 g/mol. The predicted octanol–water partition coefficient (Wildman–Crippen LogP) is 4.85. The molecule has 1 aromatic carbocycles. The van der Waals surface area contributed by atoms with Crippen LogP contribution in [-0.2, 0) is 16.6 Å². The molecule has 1 saturated heterocycles. The Morgan fingerprint density at radius 2 is 2.00 bits per heavy atom. The molecule has 7 nitrogen and oxygen atoms in total. The van der Waals surface area contributed by atoms with Gasteiger partial charge in [0.25, 0.3) is 5.91 Å². The van der Waals surface area contributed by atoms with E-state index >= 15 is 0 Å². The van der Waals surface area contributed by atoms with Gasteiger partial charge >= 0.3 is 6.18 Å². The number of nitrogens with one attached hydrogen (secondary N) is 1. The first-order valence-corrected chi connectivity index (χ1v) is 13.3. The standard InChI is InChI=1S/C20H22Cl2F3N3O4S2/c1-10-5-3-4-8-28(10)19(30)17-18(33-14(9-29)26-17)12-6-7-13(16(22)15(12)21)34(31,32)27-11(2)20(23,24)25/h6-7,10-11,27,29H,3-5,8-9H2,1-2H3/t10-,11+/m1/s1. The Morgan fingerprint density at radius 1 is 1.32 bits per heavy atom. The van der Waals surface area contributed by atoms with Crippen LogP contribution in [0, 0.1) is 0 Å². The third kappa shape index (κ3) is 5.52. The lowest BCUT2D eigenvalue weighted by atomic mass is 10.0. The fourth-order valence-corrected chi connectivity index (χ4v) is 6.67. The number of halogens is 5. The zero-order valence-corrected chi connectivity index (χ0v) is 21.3. The molecule has 3 rings (SSSR count). The molecule has 0 spiro atoms. The van der Waals surface area contributed by atoms with Crippen molar-refractivity contribution in [3.05, 3.63) is 32.9 Å². The quantitative estimate of drug-likeness (QED) is 0.526. The number of aliphatic hydroxyl groups excluding tert-OH is 1. The van der Waals surface area contributed by atoms with Crippen molar-refractivity contribution in [2.24, 2.45) is 0 Å². The average Bonchev–Trinajstić information content (AvgIpc) is 3.18. The van der Waals surface area contributed by atoms with Crippen molar-refractivity contribution in [3.8, 4) is 10.4 Å². The van der Waals surface area contributed by atoms with E-state index in [9.17, 15) is 31.5 Å². The number of aliphatic hydroxyl groups is 1. The van der Waals surface area contributed by atoms with Gasteiger partial charge in [-0.25, -0.2) is 13.4 Å². The van der Waals surface area contributed by atoms with Crippen LogP contribution in [0.5, 0.6) is 0 Å². The van der Waals surface area contributed by atoms with Crippen LogP contribution >= 0.6 is 34.5 Å². The van der Waals surface area contributed by atoms with Crippen molar-refractivity contribution in [2.45, 2.75) is 62.9 Å². The van der Waals surface area contributed by atoms with Gasteiger partial charge in [0.2, 0.25) is 10.0 Å². The molecule has 2 aromatic rings. The fourth-order valence-electron chi connectivity index (χ4n) is 3.57. The fraction of sp³-hybridized carbons (Fsp3) is 0.500. The van der Waals surface area contributed by atoms with E-state index in [4.69, 9.17) is 23.2 Å². The Hall–Kier alpha value is -1.44. The maximum atomic E-state index is 13.3. The summed E-state index contributed by atoms with van der Waals surface area (Å²) in [6.45, 7) is 2.70. The first-order valence-electron chi connectivity index (χ1n) is 10.3. The first-order chi connectivity index (χ1) is 15.8. The second kappa shape index (κ2) is 10.3. The normalized spacial score (nSPS) is 18.2. The number of piperidine rings is 1. The highest BCUT2D eigenvalue weighted by atomic mass is 35.5. The second-order valence-corrected chi connectivity index (χ2v) is 11.4. The van der Waals surface area contributed by atoms with Gasteiger partial charge in [-0.15, -0.1) is 11.3 Å². The van der Waals surface area contributed by atoms with E-state index in [-0.39, 0.29) is 38.1 Å². The van der Waals surface area contributed by atoms with Crippen LogP contribution < -0.4 is 4.72 Å². The maximum Gasteiger partial charge on any atom is 0.404 e. The molecule has 1 amide bonds. The highest BCUT2D eigenvalue weighted by Crippen LogP contribution is 2.42. The molecule has 0 saturated carbocycles. The summed E-state index contributed by atoms with van der Waals surface area (Å²) in [5.74, 6) is -0.359. The van der Waals surface area contributed by atoms with E-state index in [0.29, 0.717) is 13.5 Å². The lowest BCUT2D eigenvalue weighted by molar-refractivity contribution is -0.147. The van der Waals surface area contributed by atoms with Gasteiger partial charge in [-0.1, -0.05) is 29.3 Å². The molecule has 14 heteroatoms. The molecule has 0 unspecified atom stereocenters. The molecule has 1 aliphatic heterocycles. The van der Waals surface area contributed by atoms with Crippen LogP contribution in [-0.4, -0.2) is 54.1 Å². The predicted molar refractivity (Wildman–Crippen MR) is 124 cm³/mol. The molecular formula is C20H22Cl2F3N3O4S2. The molecule has 188 valence electrons.